The molecule has 150 valence electrons. The Morgan fingerprint density at radius 2 is 1.86 bits per heavy atom. The third-order valence-corrected chi connectivity index (χ3v) is 6.22. The minimum Gasteiger partial charge on any atom is -0.377 e. The number of hydrogen-bond donors (Lipinski definition) is 2. The molecule has 1 amide bonds. The SMILES string of the molecule is CC(C)c1ccccc1NC(=O)c1ccc(S(=O)(=O)NC[C@@H]2CCCO2)cc1. The lowest BCUT2D eigenvalue weighted by atomic mass is 10.0. The zero-order valence-corrected chi connectivity index (χ0v) is 17.0. The third kappa shape index (κ3) is 4.98. The average molecular weight is 403 g/mol. The molecule has 1 heterocycles. The van der Waals surface area contributed by atoms with Crippen molar-refractivity contribution < 1.29 is 17.9 Å². The van der Waals surface area contributed by atoms with E-state index in [-0.39, 0.29) is 29.4 Å². The number of para-hydroxylation sites is 1. The van der Waals surface area contributed by atoms with Gasteiger partial charge in [0.05, 0.1) is 11.0 Å². The number of carbonyl (C=O) groups excluding carboxylic acids is 1. The van der Waals surface area contributed by atoms with Gasteiger partial charge in [0, 0.05) is 24.4 Å². The van der Waals surface area contributed by atoms with Gasteiger partial charge in [-0.15, -0.1) is 0 Å². The summed E-state index contributed by atoms with van der Waals surface area (Å²) in [5.74, 6) is 0.00306. The van der Waals surface area contributed by atoms with E-state index < -0.39 is 10.0 Å². The first-order valence-electron chi connectivity index (χ1n) is 9.48. The van der Waals surface area contributed by atoms with Crippen LogP contribution in [0.25, 0.3) is 0 Å². The maximum atomic E-state index is 12.6. The molecule has 0 spiro atoms. The molecule has 0 unspecified atom stereocenters. The van der Waals surface area contributed by atoms with E-state index in [1.807, 2.05) is 24.3 Å². The maximum Gasteiger partial charge on any atom is 0.255 e. The van der Waals surface area contributed by atoms with Crippen molar-refractivity contribution in [1.29, 1.82) is 0 Å². The Labute approximate surface area is 166 Å². The third-order valence-electron chi connectivity index (χ3n) is 4.78. The summed E-state index contributed by atoms with van der Waals surface area (Å²) in [5, 5.41) is 2.91. The van der Waals surface area contributed by atoms with Crippen molar-refractivity contribution in [1.82, 2.24) is 4.72 Å². The Morgan fingerprint density at radius 3 is 2.50 bits per heavy atom. The molecule has 0 aliphatic carbocycles. The predicted octanol–water partition coefficient (Wildman–Crippen LogP) is 3.52. The second-order valence-corrected chi connectivity index (χ2v) is 8.97. The van der Waals surface area contributed by atoms with E-state index in [9.17, 15) is 13.2 Å². The quantitative estimate of drug-likeness (QED) is 0.742. The van der Waals surface area contributed by atoms with Crippen molar-refractivity contribution in [3.8, 4) is 0 Å². The van der Waals surface area contributed by atoms with Crippen LogP contribution in [0.15, 0.2) is 53.4 Å². The molecular weight excluding hydrogens is 376 g/mol. The molecule has 7 heteroatoms. The topological polar surface area (TPSA) is 84.5 Å². The van der Waals surface area contributed by atoms with Crippen molar-refractivity contribution in [3.05, 3.63) is 59.7 Å². The lowest BCUT2D eigenvalue weighted by Gasteiger charge is -2.14. The minimum atomic E-state index is -3.63. The lowest BCUT2D eigenvalue weighted by Crippen LogP contribution is -2.31. The van der Waals surface area contributed by atoms with Gasteiger partial charge in [-0.3, -0.25) is 4.79 Å². The molecule has 1 aliphatic heterocycles. The fourth-order valence-corrected chi connectivity index (χ4v) is 4.25. The molecule has 6 nitrogen and oxygen atoms in total. The fourth-order valence-electron chi connectivity index (χ4n) is 3.19. The number of benzene rings is 2. The molecule has 28 heavy (non-hydrogen) atoms. The first kappa shape index (κ1) is 20.5. The van der Waals surface area contributed by atoms with Crippen LogP contribution in [0, 0.1) is 0 Å². The normalized spacial score (nSPS) is 17.0. The van der Waals surface area contributed by atoms with Gasteiger partial charge in [-0.05, 0) is 54.7 Å². The van der Waals surface area contributed by atoms with Crippen LogP contribution >= 0.6 is 0 Å². The molecule has 0 radical (unpaired) electrons. The van der Waals surface area contributed by atoms with Crippen LogP contribution in [0.5, 0.6) is 0 Å². The molecule has 0 bridgehead atoms. The summed E-state index contributed by atoms with van der Waals surface area (Å²) in [4.78, 5) is 12.7. The molecule has 2 aromatic rings. The Morgan fingerprint density at radius 1 is 1.14 bits per heavy atom. The Hall–Kier alpha value is -2.22. The summed E-state index contributed by atoms with van der Waals surface area (Å²) in [6.07, 6.45) is 1.75. The molecule has 0 saturated carbocycles. The number of ether oxygens (including phenoxy) is 1. The first-order valence-corrected chi connectivity index (χ1v) is 11.0. The Bertz CT molecular complexity index is 918. The monoisotopic (exact) mass is 402 g/mol. The van der Waals surface area contributed by atoms with Crippen molar-refractivity contribution >= 4 is 21.6 Å². The summed E-state index contributed by atoms with van der Waals surface area (Å²) in [5.41, 5.74) is 2.21. The number of hydrogen-bond acceptors (Lipinski definition) is 4. The van der Waals surface area contributed by atoms with E-state index in [1.54, 1.807) is 0 Å². The van der Waals surface area contributed by atoms with Crippen LogP contribution in [-0.4, -0.2) is 33.6 Å². The van der Waals surface area contributed by atoms with Gasteiger partial charge in [0.25, 0.3) is 5.91 Å². The molecule has 3 rings (SSSR count). The standard InChI is InChI=1S/C21H26N2O4S/c1-15(2)19-7-3-4-8-20(19)23-21(24)16-9-11-18(12-10-16)28(25,26)22-14-17-6-5-13-27-17/h3-4,7-12,15,17,22H,5-6,13-14H2,1-2H3,(H,23,24)/t17-/m0/s1. The molecule has 2 N–H and O–H groups in total. The van der Waals surface area contributed by atoms with E-state index in [0.29, 0.717) is 12.2 Å². The van der Waals surface area contributed by atoms with Crippen LogP contribution in [0.3, 0.4) is 0 Å². The average Bonchev–Trinajstić information content (AvgIpc) is 3.20. The van der Waals surface area contributed by atoms with Gasteiger partial charge in [-0.1, -0.05) is 32.0 Å². The van der Waals surface area contributed by atoms with Crippen LogP contribution in [0.1, 0.15) is 48.5 Å². The van der Waals surface area contributed by atoms with E-state index in [1.165, 1.54) is 24.3 Å². The van der Waals surface area contributed by atoms with E-state index in [4.69, 9.17) is 4.74 Å². The van der Waals surface area contributed by atoms with Crippen LogP contribution in [0.4, 0.5) is 5.69 Å². The zero-order chi connectivity index (χ0) is 20.1. The number of anilines is 1. The number of amides is 1. The molecule has 1 fully saturated rings. The van der Waals surface area contributed by atoms with E-state index in [0.717, 1.165) is 24.1 Å². The highest BCUT2D eigenvalue weighted by Gasteiger charge is 2.20. The molecule has 1 atom stereocenters. The highest BCUT2D eigenvalue weighted by Crippen LogP contribution is 2.24. The highest BCUT2D eigenvalue weighted by molar-refractivity contribution is 7.89. The van der Waals surface area contributed by atoms with Gasteiger partial charge in [0.15, 0.2) is 0 Å². The van der Waals surface area contributed by atoms with Crippen molar-refractivity contribution in [2.24, 2.45) is 0 Å². The van der Waals surface area contributed by atoms with Crippen LogP contribution < -0.4 is 10.0 Å². The van der Waals surface area contributed by atoms with Gasteiger partial charge in [0.1, 0.15) is 0 Å². The first-order chi connectivity index (χ1) is 13.4. The Balaban J connectivity index is 1.67. The predicted molar refractivity (Wildman–Crippen MR) is 109 cm³/mol. The maximum absolute atomic E-state index is 12.6. The number of carbonyl (C=O) groups is 1. The van der Waals surface area contributed by atoms with Gasteiger partial charge in [0.2, 0.25) is 10.0 Å². The van der Waals surface area contributed by atoms with Gasteiger partial charge in [-0.2, -0.15) is 0 Å². The van der Waals surface area contributed by atoms with Gasteiger partial charge >= 0.3 is 0 Å². The number of nitrogens with one attached hydrogen (secondary N) is 2. The summed E-state index contributed by atoms with van der Waals surface area (Å²) in [6.45, 7) is 5.06. The highest BCUT2D eigenvalue weighted by atomic mass is 32.2. The summed E-state index contributed by atoms with van der Waals surface area (Å²) < 4.78 is 32.8. The number of rotatable bonds is 7. The zero-order valence-electron chi connectivity index (χ0n) is 16.1. The summed E-state index contributed by atoms with van der Waals surface area (Å²) in [6, 6.07) is 13.6. The van der Waals surface area contributed by atoms with E-state index >= 15 is 0 Å². The molecule has 2 aromatic carbocycles. The second-order valence-electron chi connectivity index (χ2n) is 7.21. The largest absolute Gasteiger partial charge is 0.377 e. The van der Waals surface area contributed by atoms with E-state index in [2.05, 4.69) is 23.9 Å². The molecule has 1 saturated heterocycles. The molecule has 0 aromatic heterocycles. The van der Waals surface area contributed by atoms with Crippen molar-refractivity contribution in [2.45, 2.75) is 43.6 Å². The Kier molecular flexibility index (Phi) is 6.49. The number of sulfonamides is 1. The van der Waals surface area contributed by atoms with Crippen LogP contribution in [-0.2, 0) is 14.8 Å². The van der Waals surface area contributed by atoms with Crippen LogP contribution in [0.2, 0.25) is 0 Å². The summed E-state index contributed by atoms with van der Waals surface area (Å²) >= 11 is 0. The lowest BCUT2D eigenvalue weighted by molar-refractivity contribution is 0.102. The second kappa shape index (κ2) is 8.86. The van der Waals surface area contributed by atoms with Crippen molar-refractivity contribution in [3.63, 3.8) is 0 Å². The molecular formula is C21H26N2O4S. The molecule has 1 aliphatic rings. The van der Waals surface area contributed by atoms with Crippen molar-refractivity contribution in [2.75, 3.05) is 18.5 Å². The minimum absolute atomic E-state index is 0.0687. The fraction of sp³-hybridized carbons (Fsp3) is 0.381. The van der Waals surface area contributed by atoms with Gasteiger partial charge < -0.3 is 10.1 Å². The smallest absolute Gasteiger partial charge is 0.255 e. The van der Waals surface area contributed by atoms with Gasteiger partial charge in [-0.25, -0.2) is 13.1 Å². The summed E-state index contributed by atoms with van der Waals surface area (Å²) in [7, 11) is -3.63.